The van der Waals surface area contributed by atoms with E-state index in [1.807, 2.05) is 13.8 Å². The van der Waals surface area contributed by atoms with Gasteiger partial charge in [0.2, 0.25) is 0 Å². The quantitative estimate of drug-likeness (QED) is 0.503. The molecule has 1 aliphatic heterocycles. The summed E-state index contributed by atoms with van der Waals surface area (Å²) in [5.74, 6) is -0.146. The van der Waals surface area contributed by atoms with Gasteiger partial charge in [-0.1, -0.05) is 0 Å². The molecule has 5 heteroatoms. The summed E-state index contributed by atoms with van der Waals surface area (Å²) < 4.78 is 15.3. The highest BCUT2D eigenvalue weighted by Crippen LogP contribution is 2.23. The van der Waals surface area contributed by atoms with Crippen molar-refractivity contribution in [1.29, 1.82) is 0 Å². The van der Waals surface area contributed by atoms with Crippen molar-refractivity contribution in [1.82, 2.24) is 4.90 Å². The average molecular weight is 259 g/mol. The van der Waals surface area contributed by atoms with Gasteiger partial charge in [0.05, 0.1) is 25.2 Å². The molecule has 1 rings (SSSR count). The number of morpholine rings is 1. The fourth-order valence-electron chi connectivity index (χ4n) is 1.78. The predicted octanol–water partition coefficient (Wildman–Crippen LogP) is 0.925. The number of nitrogens with zero attached hydrogens (tertiary/aromatic N) is 1. The number of hydrogen-bond donors (Lipinski definition) is 0. The van der Waals surface area contributed by atoms with E-state index in [1.54, 1.807) is 7.11 Å². The van der Waals surface area contributed by atoms with E-state index >= 15 is 0 Å². The Morgan fingerprint density at radius 3 is 2.56 bits per heavy atom. The van der Waals surface area contributed by atoms with Gasteiger partial charge in [-0.05, 0) is 26.8 Å². The number of hydrogen-bond acceptors (Lipinski definition) is 5. The van der Waals surface area contributed by atoms with E-state index < -0.39 is 5.41 Å². The molecule has 0 unspecified atom stereocenters. The van der Waals surface area contributed by atoms with E-state index in [0.717, 1.165) is 39.3 Å². The Hall–Kier alpha value is -0.650. The van der Waals surface area contributed by atoms with Crippen LogP contribution in [0.4, 0.5) is 0 Å². The van der Waals surface area contributed by atoms with Crippen LogP contribution >= 0.6 is 0 Å². The Balaban J connectivity index is 2.26. The lowest BCUT2D eigenvalue weighted by atomic mass is 9.89. The largest absolute Gasteiger partial charge is 0.463 e. The van der Waals surface area contributed by atoms with Gasteiger partial charge >= 0.3 is 5.97 Å². The minimum absolute atomic E-state index is 0.146. The number of methoxy groups -OCH3 is 1. The monoisotopic (exact) mass is 259 g/mol. The van der Waals surface area contributed by atoms with Crippen LogP contribution in [0.5, 0.6) is 0 Å². The highest BCUT2D eigenvalue weighted by Gasteiger charge is 2.29. The number of rotatable bonds is 7. The molecule has 106 valence electrons. The summed E-state index contributed by atoms with van der Waals surface area (Å²) in [6.45, 7) is 9.05. The molecule has 0 amide bonds. The Morgan fingerprint density at radius 1 is 1.28 bits per heavy atom. The number of carbonyl (C=O) groups excluding carboxylic acids is 1. The topological polar surface area (TPSA) is 48.0 Å². The van der Waals surface area contributed by atoms with Crippen LogP contribution in [0.15, 0.2) is 0 Å². The van der Waals surface area contributed by atoms with Crippen LogP contribution in [0, 0.1) is 5.41 Å². The van der Waals surface area contributed by atoms with Crippen LogP contribution < -0.4 is 0 Å². The van der Waals surface area contributed by atoms with Crippen molar-refractivity contribution >= 4 is 5.97 Å². The molecule has 0 spiro atoms. The van der Waals surface area contributed by atoms with Crippen LogP contribution in [-0.2, 0) is 19.0 Å². The highest BCUT2D eigenvalue weighted by atomic mass is 16.6. The van der Waals surface area contributed by atoms with Crippen molar-refractivity contribution in [3.05, 3.63) is 0 Å². The first-order valence-electron chi connectivity index (χ1n) is 6.52. The van der Waals surface area contributed by atoms with Crippen molar-refractivity contribution in [2.24, 2.45) is 5.41 Å². The Bertz CT molecular complexity index is 249. The Labute approximate surface area is 109 Å². The number of ether oxygens (including phenoxy) is 3. The SMILES string of the molecule is COCCOC(=O)C(C)(C)CCN1CCOCC1. The summed E-state index contributed by atoms with van der Waals surface area (Å²) in [7, 11) is 1.59. The molecule has 0 aromatic rings. The van der Waals surface area contributed by atoms with Crippen molar-refractivity contribution in [2.45, 2.75) is 20.3 Å². The molecule has 1 fully saturated rings. The molecule has 0 radical (unpaired) electrons. The molecule has 18 heavy (non-hydrogen) atoms. The summed E-state index contributed by atoms with van der Waals surface area (Å²) >= 11 is 0. The van der Waals surface area contributed by atoms with E-state index in [0.29, 0.717) is 13.2 Å². The molecule has 0 aliphatic carbocycles. The van der Waals surface area contributed by atoms with Crippen molar-refractivity contribution in [2.75, 3.05) is 53.2 Å². The highest BCUT2D eigenvalue weighted by molar-refractivity contribution is 5.75. The molecular formula is C13H25NO4. The fourth-order valence-corrected chi connectivity index (χ4v) is 1.78. The Kier molecular flexibility index (Phi) is 6.60. The molecule has 0 N–H and O–H groups in total. The van der Waals surface area contributed by atoms with E-state index in [2.05, 4.69) is 4.90 Å². The zero-order valence-electron chi connectivity index (χ0n) is 11.7. The van der Waals surface area contributed by atoms with Crippen LogP contribution in [0.25, 0.3) is 0 Å². The average Bonchev–Trinajstić information content (AvgIpc) is 2.38. The summed E-state index contributed by atoms with van der Waals surface area (Å²) in [5.41, 5.74) is -0.438. The van der Waals surface area contributed by atoms with Crippen LogP contribution in [0.2, 0.25) is 0 Å². The second kappa shape index (κ2) is 7.71. The first-order chi connectivity index (χ1) is 8.56. The summed E-state index contributed by atoms with van der Waals surface area (Å²) in [5, 5.41) is 0. The zero-order chi connectivity index (χ0) is 13.4. The maximum atomic E-state index is 11.9. The number of carbonyl (C=O) groups is 1. The van der Waals surface area contributed by atoms with E-state index in [-0.39, 0.29) is 5.97 Å². The lowest BCUT2D eigenvalue weighted by Gasteiger charge is -2.30. The normalized spacial score (nSPS) is 17.7. The third-order valence-corrected chi connectivity index (χ3v) is 3.23. The molecule has 0 saturated carbocycles. The van der Waals surface area contributed by atoms with Gasteiger partial charge in [0.15, 0.2) is 0 Å². The van der Waals surface area contributed by atoms with E-state index in [1.165, 1.54) is 0 Å². The lowest BCUT2D eigenvalue weighted by molar-refractivity contribution is -0.155. The van der Waals surface area contributed by atoms with Crippen molar-refractivity contribution < 1.29 is 19.0 Å². The number of esters is 1. The summed E-state index contributed by atoms with van der Waals surface area (Å²) in [6, 6.07) is 0. The predicted molar refractivity (Wildman–Crippen MR) is 68.5 cm³/mol. The van der Waals surface area contributed by atoms with Crippen LogP contribution in [0.3, 0.4) is 0 Å². The third kappa shape index (κ3) is 5.33. The van der Waals surface area contributed by atoms with Gasteiger partial charge in [0, 0.05) is 20.2 Å². The first-order valence-corrected chi connectivity index (χ1v) is 6.52. The molecule has 0 bridgehead atoms. The molecule has 5 nitrogen and oxygen atoms in total. The van der Waals surface area contributed by atoms with Crippen LogP contribution in [0.1, 0.15) is 20.3 Å². The second-order valence-corrected chi connectivity index (χ2v) is 5.22. The van der Waals surface area contributed by atoms with Gasteiger partial charge in [-0.15, -0.1) is 0 Å². The van der Waals surface area contributed by atoms with Gasteiger partial charge in [0.1, 0.15) is 6.61 Å². The van der Waals surface area contributed by atoms with E-state index in [9.17, 15) is 4.79 Å². The summed E-state index contributed by atoms with van der Waals surface area (Å²) in [6.07, 6.45) is 0.804. The van der Waals surface area contributed by atoms with Gasteiger partial charge in [-0.2, -0.15) is 0 Å². The lowest BCUT2D eigenvalue weighted by Crippen LogP contribution is -2.39. The molecule has 0 atom stereocenters. The molecule has 0 aromatic heterocycles. The fraction of sp³-hybridized carbons (Fsp3) is 0.923. The van der Waals surface area contributed by atoms with Crippen LogP contribution in [-0.4, -0.2) is 64.0 Å². The van der Waals surface area contributed by atoms with E-state index in [4.69, 9.17) is 14.2 Å². The summed E-state index contributed by atoms with van der Waals surface area (Å²) in [4.78, 5) is 14.2. The van der Waals surface area contributed by atoms with Gasteiger partial charge in [-0.25, -0.2) is 0 Å². The molecule has 1 saturated heterocycles. The second-order valence-electron chi connectivity index (χ2n) is 5.22. The van der Waals surface area contributed by atoms with Gasteiger partial charge in [-0.3, -0.25) is 9.69 Å². The minimum atomic E-state index is -0.438. The van der Waals surface area contributed by atoms with Crippen molar-refractivity contribution in [3.63, 3.8) is 0 Å². The first kappa shape index (κ1) is 15.4. The Morgan fingerprint density at radius 2 is 1.94 bits per heavy atom. The minimum Gasteiger partial charge on any atom is -0.463 e. The molecule has 0 aromatic carbocycles. The van der Waals surface area contributed by atoms with Gasteiger partial charge < -0.3 is 14.2 Å². The third-order valence-electron chi connectivity index (χ3n) is 3.23. The maximum absolute atomic E-state index is 11.9. The zero-order valence-corrected chi connectivity index (χ0v) is 11.7. The van der Waals surface area contributed by atoms with Gasteiger partial charge in [0.25, 0.3) is 0 Å². The van der Waals surface area contributed by atoms with Crippen molar-refractivity contribution in [3.8, 4) is 0 Å². The molecular weight excluding hydrogens is 234 g/mol. The molecule has 1 heterocycles. The maximum Gasteiger partial charge on any atom is 0.311 e. The standard InChI is InChI=1S/C13H25NO4/c1-13(2,12(15)18-11-10-16-3)4-5-14-6-8-17-9-7-14/h4-11H2,1-3H3. The molecule has 1 aliphatic rings. The smallest absolute Gasteiger partial charge is 0.311 e.